The molecular formula is C20H20N2OS2. The summed E-state index contributed by atoms with van der Waals surface area (Å²) in [4.78, 5) is 20.2. The van der Waals surface area contributed by atoms with Crippen molar-refractivity contribution in [2.45, 2.75) is 24.5 Å². The Morgan fingerprint density at radius 2 is 1.96 bits per heavy atom. The second kappa shape index (κ2) is 7.85. The molecule has 0 radical (unpaired) electrons. The average molecular weight is 369 g/mol. The molecule has 0 spiro atoms. The SMILES string of the molecule is Cc1cccc(N(C)C(=O)c2ccccc2SCc2csc(C)n2)c1. The number of aryl methyl sites for hydroxylation is 2. The van der Waals surface area contributed by atoms with E-state index in [9.17, 15) is 4.79 Å². The molecule has 3 nitrogen and oxygen atoms in total. The van der Waals surface area contributed by atoms with Crippen LogP contribution >= 0.6 is 23.1 Å². The average Bonchev–Trinajstić information content (AvgIpc) is 3.04. The van der Waals surface area contributed by atoms with Crippen LogP contribution in [-0.4, -0.2) is 17.9 Å². The van der Waals surface area contributed by atoms with Crippen LogP contribution in [0.2, 0.25) is 0 Å². The molecule has 25 heavy (non-hydrogen) atoms. The van der Waals surface area contributed by atoms with Gasteiger partial charge in [-0.05, 0) is 43.7 Å². The van der Waals surface area contributed by atoms with Gasteiger partial charge in [0.05, 0.1) is 16.3 Å². The summed E-state index contributed by atoms with van der Waals surface area (Å²) in [6, 6.07) is 15.8. The fourth-order valence-corrected chi connectivity index (χ4v) is 4.18. The zero-order valence-electron chi connectivity index (χ0n) is 14.5. The van der Waals surface area contributed by atoms with Crippen molar-refractivity contribution in [3.05, 3.63) is 75.7 Å². The van der Waals surface area contributed by atoms with Gasteiger partial charge in [0.1, 0.15) is 0 Å². The number of aromatic nitrogens is 1. The maximum atomic E-state index is 13.0. The van der Waals surface area contributed by atoms with E-state index < -0.39 is 0 Å². The molecule has 0 unspecified atom stereocenters. The van der Waals surface area contributed by atoms with Gasteiger partial charge in [0.15, 0.2) is 0 Å². The second-order valence-electron chi connectivity index (χ2n) is 5.85. The summed E-state index contributed by atoms with van der Waals surface area (Å²) in [7, 11) is 1.82. The van der Waals surface area contributed by atoms with Crippen molar-refractivity contribution in [3.8, 4) is 0 Å². The number of rotatable bonds is 5. The number of carbonyl (C=O) groups is 1. The minimum absolute atomic E-state index is 0.00292. The van der Waals surface area contributed by atoms with Crippen LogP contribution in [-0.2, 0) is 5.75 Å². The fraction of sp³-hybridized carbons (Fsp3) is 0.200. The van der Waals surface area contributed by atoms with E-state index in [1.54, 1.807) is 28.0 Å². The number of benzene rings is 2. The van der Waals surface area contributed by atoms with Crippen LogP contribution in [0, 0.1) is 13.8 Å². The number of thiazole rings is 1. The van der Waals surface area contributed by atoms with Gasteiger partial charge in [0.2, 0.25) is 0 Å². The maximum absolute atomic E-state index is 13.0. The summed E-state index contributed by atoms with van der Waals surface area (Å²) in [6.45, 7) is 4.04. The minimum Gasteiger partial charge on any atom is -0.311 e. The molecule has 1 amide bonds. The van der Waals surface area contributed by atoms with Gasteiger partial charge in [-0.2, -0.15) is 0 Å². The van der Waals surface area contributed by atoms with Crippen LogP contribution < -0.4 is 4.90 Å². The highest BCUT2D eigenvalue weighted by Gasteiger charge is 2.17. The lowest BCUT2D eigenvalue weighted by Crippen LogP contribution is -2.26. The van der Waals surface area contributed by atoms with Crippen molar-refractivity contribution in [2.75, 3.05) is 11.9 Å². The topological polar surface area (TPSA) is 33.2 Å². The van der Waals surface area contributed by atoms with Crippen molar-refractivity contribution >= 4 is 34.7 Å². The predicted octanol–water partition coefficient (Wildman–Crippen LogP) is 5.33. The lowest BCUT2D eigenvalue weighted by Gasteiger charge is -2.19. The first-order chi connectivity index (χ1) is 12.0. The summed E-state index contributed by atoms with van der Waals surface area (Å²) in [5, 5.41) is 3.14. The Bertz CT molecular complexity index is 889. The molecule has 0 fully saturated rings. The van der Waals surface area contributed by atoms with Crippen LogP contribution in [0.15, 0.2) is 58.8 Å². The Balaban J connectivity index is 1.80. The molecule has 3 aromatic rings. The highest BCUT2D eigenvalue weighted by Crippen LogP contribution is 2.28. The van der Waals surface area contributed by atoms with Gasteiger partial charge in [-0.1, -0.05) is 24.3 Å². The van der Waals surface area contributed by atoms with Gasteiger partial charge in [0, 0.05) is 28.8 Å². The number of hydrogen-bond acceptors (Lipinski definition) is 4. The molecule has 0 aliphatic rings. The smallest absolute Gasteiger partial charge is 0.259 e. The van der Waals surface area contributed by atoms with Gasteiger partial charge in [-0.15, -0.1) is 23.1 Å². The first kappa shape index (κ1) is 17.7. The van der Waals surface area contributed by atoms with Crippen LogP contribution in [0.3, 0.4) is 0 Å². The molecule has 0 saturated carbocycles. The summed E-state index contributed by atoms with van der Waals surface area (Å²) in [5.74, 6) is 0.770. The molecule has 5 heteroatoms. The van der Waals surface area contributed by atoms with Gasteiger partial charge in [-0.25, -0.2) is 4.98 Å². The van der Waals surface area contributed by atoms with Gasteiger partial charge >= 0.3 is 0 Å². The predicted molar refractivity (Wildman–Crippen MR) is 107 cm³/mol. The summed E-state index contributed by atoms with van der Waals surface area (Å²) >= 11 is 3.31. The Morgan fingerprint density at radius 3 is 2.68 bits per heavy atom. The zero-order valence-corrected chi connectivity index (χ0v) is 16.2. The van der Waals surface area contributed by atoms with E-state index in [4.69, 9.17) is 0 Å². The van der Waals surface area contributed by atoms with Crippen molar-refractivity contribution in [3.63, 3.8) is 0 Å². The van der Waals surface area contributed by atoms with Gasteiger partial charge in [-0.3, -0.25) is 4.79 Å². The highest BCUT2D eigenvalue weighted by atomic mass is 32.2. The number of carbonyl (C=O) groups excluding carboxylic acids is 1. The third-order valence-electron chi connectivity index (χ3n) is 3.85. The van der Waals surface area contributed by atoms with E-state index in [0.29, 0.717) is 0 Å². The van der Waals surface area contributed by atoms with E-state index in [1.807, 2.05) is 69.4 Å². The van der Waals surface area contributed by atoms with E-state index in [1.165, 1.54) is 0 Å². The molecule has 0 aliphatic heterocycles. The van der Waals surface area contributed by atoms with Crippen LogP contribution in [0.5, 0.6) is 0 Å². The van der Waals surface area contributed by atoms with Crippen molar-refractivity contribution in [2.24, 2.45) is 0 Å². The fourth-order valence-electron chi connectivity index (χ4n) is 2.53. The molecule has 2 aromatic carbocycles. The number of anilines is 1. The largest absolute Gasteiger partial charge is 0.311 e. The molecule has 128 valence electrons. The summed E-state index contributed by atoms with van der Waals surface area (Å²) in [5.41, 5.74) is 3.82. The van der Waals surface area contributed by atoms with Crippen LogP contribution in [0.1, 0.15) is 26.6 Å². The van der Waals surface area contributed by atoms with Crippen LogP contribution in [0.4, 0.5) is 5.69 Å². The molecule has 3 rings (SSSR count). The summed E-state index contributed by atoms with van der Waals surface area (Å²) in [6.07, 6.45) is 0. The van der Waals surface area contributed by atoms with Crippen molar-refractivity contribution < 1.29 is 4.79 Å². The lowest BCUT2D eigenvalue weighted by molar-refractivity contribution is 0.0990. The van der Waals surface area contributed by atoms with Gasteiger partial charge < -0.3 is 4.90 Å². The van der Waals surface area contributed by atoms with E-state index in [2.05, 4.69) is 10.4 Å². The molecule has 1 aromatic heterocycles. The van der Waals surface area contributed by atoms with Crippen molar-refractivity contribution in [1.29, 1.82) is 0 Å². The number of thioether (sulfide) groups is 1. The Labute approximate surface area is 156 Å². The minimum atomic E-state index is 0.00292. The zero-order chi connectivity index (χ0) is 17.8. The number of hydrogen-bond donors (Lipinski definition) is 0. The highest BCUT2D eigenvalue weighted by molar-refractivity contribution is 7.98. The quantitative estimate of drug-likeness (QED) is 0.571. The molecule has 0 atom stereocenters. The maximum Gasteiger partial charge on any atom is 0.259 e. The lowest BCUT2D eigenvalue weighted by atomic mass is 10.1. The van der Waals surface area contributed by atoms with E-state index >= 15 is 0 Å². The Kier molecular flexibility index (Phi) is 5.56. The standard InChI is InChI=1S/C20H20N2OS2/c1-14-7-6-8-17(11-14)22(3)20(23)18-9-4-5-10-19(18)25-13-16-12-24-15(2)21-16/h4-12H,13H2,1-3H3. The number of nitrogens with zero attached hydrogens (tertiary/aromatic N) is 2. The molecular weight excluding hydrogens is 348 g/mol. The first-order valence-corrected chi connectivity index (χ1v) is 9.88. The van der Waals surface area contributed by atoms with E-state index in [-0.39, 0.29) is 5.91 Å². The molecule has 1 heterocycles. The number of amides is 1. The second-order valence-corrected chi connectivity index (χ2v) is 7.93. The van der Waals surface area contributed by atoms with Crippen LogP contribution in [0.25, 0.3) is 0 Å². The van der Waals surface area contributed by atoms with Crippen molar-refractivity contribution in [1.82, 2.24) is 4.98 Å². The first-order valence-electron chi connectivity index (χ1n) is 8.02. The van der Waals surface area contributed by atoms with Gasteiger partial charge in [0.25, 0.3) is 5.91 Å². The molecule has 0 N–H and O–H groups in total. The molecule has 0 aliphatic carbocycles. The third-order valence-corrected chi connectivity index (χ3v) is 5.78. The third kappa shape index (κ3) is 4.30. The Hall–Kier alpha value is -2.11. The Morgan fingerprint density at radius 1 is 1.16 bits per heavy atom. The van der Waals surface area contributed by atoms with E-state index in [0.717, 1.165) is 38.2 Å². The monoisotopic (exact) mass is 368 g/mol. The summed E-state index contributed by atoms with van der Waals surface area (Å²) < 4.78 is 0. The molecule has 0 saturated heterocycles. The normalized spacial score (nSPS) is 10.7. The molecule has 0 bridgehead atoms.